The Hall–Kier alpha value is -3.82. The van der Waals surface area contributed by atoms with E-state index in [4.69, 9.17) is 9.47 Å². The fourth-order valence-electron chi connectivity index (χ4n) is 2.37. The summed E-state index contributed by atoms with van der Waals surface area (Å²) in [4.78, 5) is 12.2. The van der Waals surface area contributed by atoms with Crippen LogP contribution in [0.15, 0.2) is 72.3 Å². The number of hydrogen-bond donors (Lipinski definition) is 1. The van der Waals surface area contributed by atoms with Gasteiger partial charge in [0.05, 0.1) is 12.0 Å². The third kappa shape index (κ3) is 6.97. The normalized spacial score (nSPS) is 12.2. The minimum atomic E-state index is -1.73. The van der Waals surface area contributed by atoms with Gasteiger partial charge in [-0.2, -0.15) is 5.26 Å². The fraction of sp³-hybridized carbons (Fsp3) is 0.200. The van der Waals surface area contributed by atoms with Crippen molar-refractivity contribution in [2.45, 2.75) is 12.0 Å². The van der Waals surface area contributed by atoms with Crippen molar-refractivity contribution < 1.29 is 19.4 Å². The van der Waals surface area contributed by atoms with Crippen LogP contribution in [0.2, 0.25) is 0 Å². The Bertz CT molecular complexity index is 1030. The predicted molar refractivity (Wildman–Crippen MR) is 113 cm³/mol. The Balaban J connectivity index is 2.13. The van der Waals surface area contributed by atoms with Crippen LogP contribution < -0.4 is 0 Å². The second-order valence-corrected chi connectivity index (χ2v) is 6.18. The van der Waals surface area contributed by atoms with Crippen molar-refractivity contribution in [3.05, 3.63) is 83.4 Å². The van der Waals surface area contributed by atoms with E-state index in [2.05, 4.69) is 23.7 Å². The molecule has 0 heterocycles. The minimum Gasteiger partial charge on any atom is -0.457 e. The van der Waals surface area contributed by atoms with E-state index in [1.807, 2.05) is 12.1 Å². The molecule has 1 N–H and O–H groups in total. The van der Waals surface area contributed by atoms with Crippen LogP contribution in [0.4, 0.5) is 0 Å². The predicted octanol–water partition coefficient (Wildman–Crippen LogP) is 3.22. The monoisotopic (exact) mass is 399 g/mol. The van der Waals surface area contributed by atoms with Crippen molar-refractivity contribution in [3.63, 3.8) is 0 Å². The molecule has 0 saturated heterocycles. The van der Waals surface area contributed by atoms with Crippen molar-refractivity contribution in [2.24, 2.45) is 0 Å². The molecule has 0 spiro atoms. The standard InChI is InChI=1S/C25H21NO4/c1-29-18-9-8-11-21(19-30-24(27)22-13-4-2-5-14-22)12-10-17-25(28,20-26)23-15-6-3-7-16-23/h2-7,11,13-16,28H,17-19H2,1H3/b21-11+. The largest absolute Gasteiger partial charge is 0.457 e. The Kier molecular flexibility index (Phi) is 8.91. The van der Waals surface area contributed by atoms with Gasteiger partial charge in [-0.25, -0.2) is 4.79 Å². The van der Waals surface area contributed by atoms with E-state index in [1.165, 1.54) is 13.2 Å². The number of methoxy groups -OCH3 is 1. The lowest BCUT2D eigenvalue weighted by Crippen LogP contribution is -2.22. The molecule has 0 radical (unpaired) electrons. The summed E-state index contributed by atoms with van der Waals surface area (Å²) in [6, 6.07) is 19.1. The van der Waals surface area contributed by atoms with Crippen LogP contribution in [-0.4, -0.2) is 31.4 Å². The van der Waals surface area contributed by atoms with Gasteiger partial charge in [0, 0.05) is 18.8 Å². The SMILES string of the molecule is COCC#C/C=C(\C#CCC(O)(C#N)c1ccccc1)COC(=O)c1ccccc1. The van der Waals surface area contributed by atoms with E-state index >= 15 is 0 Å². The zero-order valence-corrected chi connectivity index (χ0v) is 16.6. The van der Waals surface area contributed by atoms with Gasteiger partial charge in [0.15, 0.2) is 5.60 Å². The van der Waals surface area contributed by atoms with E-state index in [1.54, 1.807) is 54.6 Å². The zero-order chi connectivity index (χ0) is 21.7. The molecule has 0 fully saturated rings. The molecule has 2 rings (SSSR count). The average Bonchev–Trinajstić information content (AvgIpc) is 2.80. The fourth-order valence-corrected chi connectivity index (χ4v) is 2.37. The molecule has 0 aliphatic rings. The van der Waals surface area contributed by atoms with Gasteiger partial charge in [0.1, 0.15) is 19.3 Å². The van der Waals surface area contributed by atoms with Crippen molar-refractivity contribution in [1.82, 2.24) is 0 Å². The number of allylic oxidation sites excluding steroid dienone is 1. The highest BCUT2D eigenvalue weighted by atomic mass is 16.5. The van der Waals surface area contributed by atoms with Crippen LogP contribution in [0.3, 0.4) is 0 Å². The van der Waals surface area contributed by atoms with Gasteiger partial charge in [-0.15, -0.1) is 0 Å². The Labute approximate surface area is 176 Å². The van der Waals surface area contributed by atoms with Crippen LogP contribution in [0.5, 0.6) is 0 Å². The number of ether oxygens (including phenoxy) is 2. The number of benzene rings is 2. The van der Waals surface area contributed by atoms with E-state index in [0.717, 1.165) is 0 Å². The number of nitrogens with zero attached hydrogens (tertiary/aromatic N) is 1. The minimum absolute atomic E-state index is 0.0846. The molecule has 150 valence electrons. The highest BCUT2D eigenvalue weighted by molar-refractivity contribution is 5.89. The van der Waals surface area contributed by atoms with Gasteiger partial charge in [0.25, 0.3) is 0 Å². The maximum absolute atomic E-state index is 12.2. The van der Waals surface area contributed by atoms with Crippen LogP contribution in [0.25, 0.3) is 0 Å². The second-order valence-electron chi connectivity index (χ2n) is 6.18. The van der Waals surface area contributed by atoms with Crippen molar-refractivity contribution in [3.8, 4) is 29.8 Å². The molecule has 0 amide bonds. The van der Waals surface area contributed by atoms with Crippen LogP contribution in [0.1, 0.15) is 22.3 Å². The van der Waals surface area contributed by atoms with Crippen molar-refractivity contribution in [1.29, 1.82) is 5.26 Å². The number of esters is 1. The third-order valence-corrected chi connectivity index (χ3v) is 3.96. The Morgan fingerprint density at radius 2 is 1.77 bits per heavy atom. The van der Waals surface area contributed by atoms with Gasteiger partial charge in [-0.1, -0.05) is 72.2 Å². The van der Waals surface area contributed by atoms with Gasteiger partial charge < -0.3 is 14.6 Å². The lowest BCUT2D eigenvalue weighted by Gasteiger charge is -2.17. The Morgan fingerprint density at radius 3 is 2.40 bits per heavy atom. The van der Waals surface area contributed by atoms with Crippen molar-refractivity contribution in [2.75, 3.05) is 20.3 Å². The summed E-state index contributed by atoms with van der Waals surface area (Å²) in [5.74, 6) is 10.7. The average molecular weight is 399 g/mol. The van der Waals surface area contributed by atoms with Crippen molar-refractivity contribution >= 4 is 5.97 Å². The molecule has 1 unspecified atom stereocenters. The topological polar surface area (TPSA) is 79.6 Å². The summed E-state index contributed by atoms with van der Waals surface area (Å²) in [5, 5.41) is 20.0. The molecule has 2 aromatic rings. The molecular weight excluding hydrogens is 378 g/mol. The smallest absolute Gasteiger partial charge is 0.338 e. The van der Waals surface area contributed by atoms with E-state index in [-0.39, 0.29) is 19.6 Å². The molecule has 0 aromatic heterocycles. The molecule has 0 aliphatic carbocycles. The third-order valence-electron chi connectivity index (χ3n) is 3.96. The molecule has 0 saturated carbocycles. The van der Waals surface area contributed by atoms with Crippen LogP contribution >= 0.6 is 0 Å². The molecule has 1 atom stereocenters. The molecular formula is C25H21NO4. The van der Waals surface area contributed by atoms with E-state index in [0.29, 0.717) is 16.7 Å². The van der Waals surface area contributed by atoms with E-state index < -0.39 is 11.6 Å². The number of carbonyl (C=O) groups excluding carboxylic acids is 1. The maximum atomic E-state index is 12.2. The molecule has 30 heavy (non-hydrogen) atoms. The van der Waals surface area contributed by atoms with Gasteiger partial charge >= 0.3 is 5.97 Å². The first-order chi connectivity index (χ1) is 14.6. The summed E-state index contributed by atoms with van der Waals surface area (Å²) in [7, 11) is 1.53. The highest BCUT2D eigenvalue weighted by Crippen LogP contribution is 2.23. The molecule has 2 aromatic carbocycles. The quantitative estimate of drug-likeness (QED) is 0.458. The molecule has 5 nitrogen and oxygen atoms in total. The summed E-state index contributed by atoms with van der Waals surface area (Å²) >= 11 is 0. The van der Waals surface area contributed by atoms with Gasteiger partial charge in [-0.3, -0.25) is 0 Å². The first kappa shape index (κ1) is 22.5. The molecule has 0 bridgehead atoms. The molecule has 5 heteroatoms. The lowest BCUT2D eigenvalue weighted by atomic mass is 9.92. The van der Waals surface area contributed by atoms with E-state index in [9.17, 15) is 15.2 Å². The zero-order valence-electron chi connectivity index (χ0n) is 16.6. The maximum Gasteiger partial charge on any atom is 0.338 e. The number of hydrogen-bond acceptors (Lipinski definition) is 5. The number of carbonyl (C=O) groups is 1. The van der Waals surface area contributed by atoms with Crippen LogP contribution in [0, 0.1) is 35.0 Å². The first-order valence-electron chi connectivity index (χ1n) is 9.15. The summed E-state index contributed by atoms with van der Waals surface area (Å²) < 4.78 is 10.2. The second kappa shape index (κ2) is 11.9. The lowest BCUT2D eigenvalue weighted by molar-refractivity contribution is 0.0543. The number of aliphatic hydroxyl groups is 1. The Morgan fingerprint density at radius 1 is 1.10 bits per heavy atom. The van der Waals surface area contributed by atoms with Crippen LogP contribution in [-0.2, 0) is 15.1 Å². The highest BCUT2D eigenvalue weighted by Gasteiger charge is 2.27. The van der Waals surface area contributed by atoms with Gasteiger partial charge in [0.2, 0.25) is 0 Å². The molecule has 0 aliphatic heterocycles. The summed E-state index contributed by atoms with van der Waals surface area (Å²) in [6.45, 7) is 0.169. The summed E-state index contributed by atoms with van der Waals surface area (Å²) in [5.41, 5.74) is -0.404. The number of rotatable bonds is 6. The number of nitriles is 1. The van der Waals surface area contributed by atoms with Gasteiger partial charge in [-0.05, 0) is 17.7 Å². The summed E-state index contributed by atoms with van der Waals surface area (Å²) in [6.07, 6.45) is 1.42. The first-order valence-corrected chi connectivity index (χ1v) is 9.15.